The van der Waals surface area contributed by atoms with Crippen molar-refractivity contribution >= 4 is 44.4 Å². The number of benzene rings is 7. The Morgan fingerprint density at radius 2 is 1.19 bits per heavy atom. The molecule has 0 bridgehead atoms. The minimum absolute atomic E-state index is 0.293. The zero-order valence-electron chi connectivity index (χ0n) is 25.5. The third-order valence-corrected chi connectivity index (χ3v) is 8.94. The Balaban J connectivity index is 1.23. The van der Waals surface area contributed by atoms with E-state index in [1.807, 2.05) is 48.5 Å². The van der Waals surface area contributed by atoms with E-state index in [4.69, 9.17) is 14.4 Å². The monoisotopic (exact) mass is 603 g/mol. The highest BCUT2D eigenvalue weighted by Crippen LogP contribution is 2.40. The van der Waals surface area contributed by atoms with E-state index in [9.17, 15) is 0 Å². The average Bonchev–Trinajstić information content (AvgIpc) is 3.54. The Hall–Kier alpha value is -6.26. The quantitative estimate of drug-likeness (QED) is 0.213. The lowest BCUT2D eigenvalue weighted by atomic mass is 9.91. The van der Waals surface area contributed by atoms with Gasteiger partial charge in [-0.2, -0.15) is 0 Å². The number of hydrogen-bond acceptors (Lipinski definition) is 4. The van der Waals surface area contributed by atoms with Crippen molar-refractivity contribution in [2.24, 2.45) is 9.98 Å². The molecule has 0 radical (unpaired) electrons. The molecule has 222 valence electrons. The molecule has 9 rings (SSSR count). The molecule has 8 aromatic rings. The molecule has 1 N–H and O–H groups in total. The van der Waals surface area contributed by atoms with E-state index >= 15 is 0 Å². The summed E-state index contributed by atoms with van der Waals surface area (Å²) < 4.78 is 6.39. The average molecular weight is 604 g/mol. The topological polar surface area (TPSA) is 49.9 Å². The van der Waals surface area contributed by atoms with Crippen LogP contribution >= 0.6 is 0 Å². The van der Waals surface area contributed by atoms with Crippen LogP contribution in [0, 0.1) is 0 Å². The Morgan fingerprint density at radius 1 is 0.511 bits per heavy atom. The zero-order valence-corrected chi connectivity index (χ0v) is 25.5. The minimum Gasteiger partial charge on any atom is -0.456 e. The summed E-state index contributed by atoms with van der Waals surface area (Å²) in [6.45, 7) is 0. The minimum atomic E-state index is -0.293. The highest BCUT2D eigenvalue weighted by molar-refractivity contribution is 6.21. The van der Waals surface area contributed by atoms with E-state index in [1.165, 1.54) is 21.9 Å². The van der Waals surface area contributed by atoms with E-state index in [-0.39, 0.29) is 6.17 Å². The van der Waals surface area contributed by atoms with Gasteiger partial charge in [0, 0.05) is 27.5 Å². The first-order valence-electron chi connectivity index (χ1n) is 15.9. The van der Waals surface area contributed by atoms with Gasteiger partial charge in [0.25, 0.3) is 0 Å². The normalized spacial score (nSPS) is 14.6. The smallest absolute Gasteiger partial charge is 0.159 e. The standard InChI is InChI=1S/C43H29N3O/c1-3-12-31(13-4-1)41-44-42(32-14-5-2-6-15-32)46-43(45-41)36-25-26-38-40(35-17-9-10-18-37(35)47-38)39(36)30-22-19-29(20-23-30)34-24-21-28-11-7-8-16-33(28)27-34/h1-27,41H,(H,44,45,46). The van der Waals surface area contributed by atoms with Crippen LogP contribution in [0.5, 0.6) is 0 Å². The Kier molecular flexibility index (Phi) is 6.50. The van der Waals surface area contributed by atoms with Gasteiger partial charge in [-0.1, -0.05) is 140 Å². The van der Waals surface area contributed by atoms with E-state index in [0.29, 0.717) is 5.84 Å². The number of aliphatic imine (C=N–C) groups is 2. The second-order valence-corrected chi connectivity index (χ2v) is 11.8. The van der Waals surface area contributed by atoms with Crippen LogP contribution in [0.2, 0.25) is 0 Å². The van der Waals surface area contributed by atoms with Crippen LogP contribution in [0.25, 0.3) is 55.0 Å². The van der Waals surface area contributed by atoms with Gasteiger partial charge in [0.2, 0.25) is 0 Å². The van der Waals surface area contributed by atoms with Crippen molar-refractivity contribution in [3.8, 4) is 22.3 Å². The fourth-order valence-corrected chi connectivity index (χ4v) is 6.62. The molecule has 47 heavy (non-hydrogen) atoms. The Morgan fingerprint density at radius 3 is 2.02 bits per heavy atom. The van der Waals surface area contributed by atoms with Gasteiger partial charge >= 0.3 is 0 Å². The number of nitrogens with one attached hydrogen (secondary N) is 1. The predicted molar refractivity (Wildman–Crippen MR) is 194 cm³/mol. The summed E-state index contributed by atoms with van der Waals surface area (Å²) in [5.74, 6) is 1.47. The first-order valence-corrected chi connectivity index (χ1v) is 15.9. The molecule has 1 aliphatic rings. The van der Waals surface area contributed by atoms with Gasteiger partial charge < -0.3 is 9.73 Å². The molecular weight excluding hydrogens is 574 g/mol. The van der Waals surface area contributed by atoms with Crippen molar-refractivity contribution in [2.75, 3.05) is 0 Å². The molecule has 2 heterocycles. The van der Waals surface area contributed by atoms with Gasteiger partial charge in [-0.05, 0) is 57.3 Å². The lowest BCUT2D eigenvalue weighted by Gasteiger charge is -2.25. The van der Waals surface area contributed by atoms with Crippen LogP contribution in [-0.4, -0.2) is 11.7 Å². The van der Waals surface area contributed by atoms with Crippen molar-refractivity contribution in [1.82, 2.24) is 5.32 Å². The van der Waals surface area contributed by atoms with Crippen molar-refractivity contribution in [1.29, 1.82) is 0 Å². The molecule has 0 spiro atoms. The lowest BCUT2D eigenvalue weighted by Crippen LogP contribution is -2.34. The van der Waals surface area contributed by atoms with Crippen LogP contribution in [0.4, 0.5) is 0 Å². The molecule has 1 aliphatic heterocycles. The molecule has 1 atom stereocenters. The van der Waals surface area contributed by atoms with Crippen LogP contribution in [0.1, 0.15) is 22.9 Å². The Bertz CT molecular complexity index is 2480. The molecule has 4 nitrogen and oxygen atoms in total. The van der Waals surface area contributed by atoms with E-state index < -0.39 is 0 Å². The van der Waals surface area contributed by atoms with E-state index in [1.54, 1.807) is 0 Å². The number of para-hydroxylation sites is 1. The van der Waals surface area contributed by atoms with Crippen LogP contribution in [0.3, 0.4) is 0 Å². The second kappa shape index (κ2) is 11.3. The number of furan rings is 1. The first-order chi connectivity index (χ1) is 23.3. The van der Waals surface area contributed by atoms with Crippen LogP contribution in [0.15, 0.2) is 178 Å². The van der Waals surface area contributed by atoms with Crippen molar-refractivity contribution < 1.29 is 4.42 Å². The highest BCUT2D eigenvalue weighted by atomic mass is 16.3. The molecule has 1 aromatic heterocycles. The summed E-state index contributed by atoms with van der Waals surface area (Å²) in [7, 11) is 0. The van der Waals surface area contributed by atoms with Gasteiger partial charge in [-0.25, -0.2) is 9.98 Å². The highest BCUT2D eigenvalue weighted by Gasteiger charge is 2.25. The number of rotatable bonds is 5. The molecule has 0 saturated heterocycles. The number of nitrogens with zero attached hydrogens (tertiary/aromatic N) is 2. The zero-order chi connectivity index (χ0) is 31.2. The molecule has 1 unspecified atom stereocenters. The second-order valence-electron chi connectivity index (χ2n) is 11.8. The van der Waals surface area contributed by atoms with E-state index in [0.717, 1.165) is 55.6 Å². The molecule has 0 fully saturated rings. The molecule has 0 amide bonds. The summed E-state index contributed by atoms with van der Waals surface area (Å²) >= 11 is 0. The van der Waals surface area contributed by atoms with E-state index in [2.05, 4.69) is 121 Å². The molecule has 0 saturated carbocycles. The summed E-state index contributed by atoms with van der Waals surface area (Å²) in [6.07, 6.45) is -0.293. The Labute approximate surface area is 272 Å². The van der Waals surface area contributed by atoms with Gasteiger partial charge in [0.15, 0.2) is 5.84 Å². The SMILES string of the molecule is c1ccc(C2=NC(c3ccccc3)NC(c3ccc4oc5ccccc5c4c3-c3ccc(-c4ccc5ccccc5c4)cc3)=N2)cc1. The number of hydrogen-bond donors (Lipinski definition) is 1. The van der Waals surface area contributed by atoms with Gasteiger partial charge in [0.05, 0.1) is 0 Å². The maximum absolute atomic E-state index is 6.39. The lowest BCUT2D eigenvalue weighted by molar-refractivity contribution is 0.668. The van der Waals surface area contributed by atoms with Crippen molar-refractivity contribution in [3.63, 3.8) is 0 Å². The van der Waals surface area contributed by atoms with Crippen LogP contribution in [-0.2, 0) is 0 Å². The maximum Gasteiger partial charge on any atom is 0.159 e. The summed E-state index contributed by atoms with van der Waals surface area (Å²) in [4.78, 5) is 10.2. The summed E-state index contributed by atoms with van der Waals surface area (Å²) in [5, 5.41) is 8.30. The predicted octanol–water partition coefficient (Wildman–Crippen LogP) is 10.6. The molecule has 4 heteroatoms. The van der Waals surface area contributed by atoms with Crippen molar-refractivity contribution in [2.45, 2.75) is 6.17 Å². The maximum atomic E-state index is 6.39. The summed E-state index contributed by atoms with van der Waals surface area (Å²) in [6, 6.07) is 57.0. The van der Waals surface area contributed by atoms with Gasteiger partial charge in [0.1, 0.15) is 23.2 Å². The van der Waals surface area contributed by atoms with Gasteiger partial charge in [-0.3, -0.25) is 0 Å². The third-order valence-electron chi connectivity index (χ3n) is 8.94. The van der Waals surface area contributed by atoms with Crippen molar-refractivity contribution in [3.05, 3.63) is 180 Å². The van der Waals surface area contributed by atoms with Crippen LogP contribution < -0.4 is 5.32 Å². The first kappa shape index (κ1) is 27.1. The molecule has 0 aliphatic carbocycles. The molecular formula is C43H29N3O. The number of fused-ring (bicyclic) bond motifs is 4. The number of amidine groups is 2. The third kappa shape index (κ3) is 4.88. The largest absolute Gasteiger partial charge is 0.456 e. The summed E-state index contributed by atoms with van der Waals surface area (Å²) in [5.41, 5.74) is 9.27. The molecule has 7 aromatic carbocycles. The fraction of sp³-hybridized carbons (Fsp3) is 0.0233. The van der Waals surface area contributed by atoms with Gasteiger partial charge in [-0.15, -0.1) is 0 Å². The fourth-order valence-electron chi connectivity index (χ4n) is 6.62.